The molecule has 0 aliphatic carbocycles. The first kappa shape index (κ1) is 21.9. The third kappa shape index (κ3) is 3.07. The average Bonchev–Trinajstić information content (AvgIpc) is 3.23. The zero-order chi connectivity index (χ0) is 23.4. The maximum absolute atomic E-state index is 13.6. The van der Waals surface area contributed by atoms with Crippen molar-refractivity contribution >= 4 is 29.3 Å². The van der Waals surface area contributed by atoms with Crippen LogP contribution >= 0.6 is 0 Å². The van der Waals surface area contributed by atoms with Crippen molar-refractivity contribution in [1.82, 2.24) is 5.32 Å². The van der Waals surface area contributed by atoms with Crippen LogP contribution in [0.1, 0.15) is 48.3 Å². The van der Waals surface area contributed by atoms with Gasteiger partial charge in [-0.3, -0.25) is 24.5 Å². The number of ketones is 1. The predicted octanol–water partition coefficient (Wildman–Crippen LogP) is 3.13. The Kier molecular flexibility index (Phi) is 5.25. The van der Waals surface area contributed by atoms with Gasteiger partial charge in [0.1, 0.15) is 5.54 Å². The largest absolute Gasteiger partial charge is 0.480 e. The van der Waals surface area contributed by atoms with Crippen LogP contribution in [-0.2, 0) is 14.4 Å². The number of fused-ring (bicyclic) bond motifs is 1. The smallest absolute Gasteiger partial charge is 0.325 e. The average molecular weight is 434 g/mol. The lowest BCUT2D eigenvalue weighted by atomic mass is 9.73. The molecular weight excluding hydrogens is 408 g/mol. The van der Waals surface area contributed by atoms with Gasteiger partial charge in [-0.15, -0.1) is 0 Å². The fourth-order valence-corrected chi connectivity index (χ4v) is 5.16. The van der Waals surface area contributed by atoms with Gasteiger partial charge in [-0.1, -0.05) is 43.7 Å². The van der Waals surface area contributed by atoms with Crippen molar-refractivity contribution in [3.8, 4) is 0 Å². The molecule has 0 aromatic heterocycles. The molecule has 0 spiro atoms. The molecule has 7 nitrogen and oxygen atoms in total. The van der Waals surface area contributed by atoms with Crippen molar-refractivity contribution in [2.75, 3.05) is 4.90 Å². The number of aryl methyl sites for hydroxylation is 1. The molecule has 32 heavy (non-hydrogen) atoms. The number of rotatable bonds is 5. The molecule has 166 valence electrons. The number of imide groups is 1. The molecule has 2 fully saturated rings. The van der Waals surface area contributed by atoms with E-state index in [-0.39, 0.29) is 5.78 Å². The minimum absolute atomic E-state index is 0.124. The number of nitrogens with zero attached hydrogens (tertiary/aromatic N) is 1. The Bertz CT molecular complexity index is 1120. The predicted molar refractivity (Wildman–Crippen MR) is 118 cm³/mol. The lowest BCUT2D eigenvalue weighted by Gasteiger charge is -2.34. The molecule has 2 N–H and O–H groups in total. The number of Topliss-reactive ketones (excluding diaryl/α,β-unsaturated/α-hetero) is 1. The first-order chi connectivity index (χ1) is 15.1. The fraction of sp³-hybridized carbons (Fsp3) is 0.360. The van der Waals surface area contributed by atoms with Gasteiger partial charge in [0.15, 0.2) is 5.78 Å². The molecule has 7 heteroatoms. The van der Waals surface area contributed by atoms with Crippen LogP contribution in [0.5, 0.6) is 0 Å². The van der Waals surface area contributed by atoms with Crippen LogP contribution in [0, 0.1) is 24.7 Å². The second-order valence-electron chi connectivity index (χ2n) is 8.98. The monoisotopic (exact) mass is 434 g/mol. The van der Waals surface area contributed by atoms with E-state index in [4.69, 9.17) is 0 Å². The summed E-state index contributed by atoms with van der Waals surface area (Å²) in [6.45, 7) is 6.86. The van der Waals surface area contributed by atoms with Crippen LogP contribution in [-0.4, -0.2) is 34.2 Å². The van der Waals surface area contributed by atoms with Gasteiger partial charge in [0.25, 0.3) is 0 Å². The van der Waals surface area contributed by atoms with Gasteiger partial charge >= 0.3 is 5.97 Å². The summed E-state index contributed by atoms with van der Waals surface area (Å²) in [5.41, 5.74) is 0.977. The molecule has 0 bridgehead atoms. The molecular formula is C25H26N2O5. The third-order valence-electron chi connectivity index (χ3n) is 6.79. The topological polar surface area (TPSA) is 104 Å². The van der Waals surface area contributed by atoms with Gasteiger partial charge in [0.2, 0.25) is 11.8 Å². The standard InChI is InChI=1S/C25H26N2O5/c1-13(2)25(24(31)32)20-19(21(26-25)17-7-5-6-14(3)12-17)22(29)27(23(20)30)18-10-8-16(9-11-18)15(4)28/h5-13,19-21,26H,1-4H3,(H,31,32). The number of amides is 2. The van der Waals surface area contributed by atoms with Gasteiger partial charge < -0.3 is 5.11 Å². The minimum atomic E-state index is -1.58. The second-order valence-corrected chi connectivity index (χ2v) is 8.98. The Hall–Kier alpha value is -3.32. The first-order valence-electron chi connectivity index (χ1n) is 10.7. The number of carboxylic acid groups (broad SMARTS) is 1. The summed E-state index contributed by atoms with van der Waals surface area (Å²) in [7, 11) is 0. The molecule has 0 saturated carbocycles. The molecule has 2 amide bonds. The van der Waals surface area contributed by atoms with Crippen molar-refractivity contribution in [3.05, 3.63) is 65.2 Å². The highest BCUT2D eigenvalue weighted by Crippen LogP contribution is 2.52. The Morgan fingerprint density at radius 3 is 2.25 bits per heavy atom. The second kappa shape index (κ2) is 7.67. The molecule has 0 radical (unpaired) electrons. The van der Waals surface area contributed by atoms with E-state index in [1.54, 1.807) is 38.1 Å². The molecule has 2 aromatic rings. The van der Waals surface area contributed by atoms with Crippen LogP contribution < -0.4 is 10.2 Å². The molecule has 4 unspecified atom stereocenters. The van der Waals surface area contributed by atoms with E-state index in [0.29, 0.717) is 11.3 Å². The molecule has 4 atom stereocenters. The highest BCUT2D eigenvalue weighted by molar-refractivity contribution is 6.24. The van der Waals surface area contributed by atoms with Gasteiger partial charge in [0, 0.05) is 11.6 Å². The third-order valence-corrected chi connectivity index (χ3v) is 6.79. The fourth-order valence-electron chi connectivity index (χ4n) is 5.16. The highest BCUT2D eigenvalue weighted by Gasteiger charge is 2.69. The van der Waals surface area contributed by atoms with Crippen molar-refractivity contribution in [3.63, 3.8) is 0 Å². The van der Waals surface area contributed by atoms with Crippen LogP contribution in [0.3, 0.4) is 0 Å². The summed E-state index contributed by atoms with van der Waals surface area (Å²) in [5.74, 6) is -4.58. The van der Waals surface area contributed by atoms with Crippen LogP contribution in [0.2, 0.25) is 0 Å². The number of benzene rings is 2. The van der Waals surface area contributed by atoms with E-state index in [1.165, 1.54) is 6.92 Å². The Morgan fingerprint density at radius 2 is 1.72 bits per heavy atom. The van der Waals surface area contributed by atoms with E-state index in [2.05, 4.69) is 5.32 Å². The molecule has 2 heterocycles. The lowest BCUT2D eigenvalue weighted by Crippen LogP contribution is -2.59. The summed E-state index contributed by atoms with van der Waals surface area (Å²) in [6, 6.07) is 13.2. The zero-order valence-corrected chi connectivity index (χ0v) is 18.5. The Balaban J connectivity index is 1.85. The minimum Gasteiger partial charge on any atom is -0.480 e. The summed E-state index contributed by atoms with van der Waals surface area (Å²) in [6.07, 6.45) is 0. The van der Waals surface area contributed by atoms with Crippen LogP contribution in [0.25, 0.3) is 0 Å². The van der Waals surface area contributed by atoms with E-state index >= 15 is 0 Å². The van der Waals surface area contributed by atoms with Crippen LogP contribution in [0.15, 0.2) is 48.5 Å². The SMILES string of the molecule is CC(=O)c1ccc(N2C(=O)C3C(c4cccc(C)c4)NC(C(=O)O)(C(C)C)C3C2=O)cc1. The van der Waals surface area contributed by atoms with E-state index in [9.17, 15) is 24.3 Å². The van der Waals surface area contributed by atoms with E-state index < -0.39 is 47.1 Å². The lowest BCUT2D eigenvalue weighted by molar-refractivity contribution is -0.151. The molecule has 2 aromatic carbocycles. The zero-order valence-electron chi connectivity index (χ0n) is 18.5. The van der Waals surface area contributed by atoms with Gasteiger partial charge in [-0.25, -0.2) is 4.90 Å². The number of nitrogens with one attached hydrogen (secondary N) is 1. The first-order valence-corrected chi connectivity index (χ1v) is 10.7. The van der Waals surface area contributed by atoms with E-state index in [1.807, 2.05) is 31.2 Å². The normalized spacial score (nSPS) is 27.2. The Labute approximate surface area is 186 Å². The number of carbonyl (C=O) groups excluding carboxylic acids is 3. The number of hydrogen-bond donors (Lipinski definition) is 2. The van der Waals surface area contributed by atoms with Gasteiger partial charge in [-0.05, 0) is 49.6 Å². The molecule has 2 aliphatic heterocycles. The number of anilines is 1. The quantitative estimate of drug-likeness (QED) is 0.554. The number of carbonyl (C=O) groups is 4. The van der Waals surface area contributed by atoms with Crippen molar-refractivity contribution in [1.29, 1.82) is 0 Å². The van der Waals surface area contributed by atoms with Gasteiger partial charge in [-0.2, -0.15) is 0 Å². The maximum atomic E-state index is 13.6. The number of hydrogen-bond acceptors (Lipinski definition) is 5. The Morgan fingerprint density at radius 1 is 1.06 bits per heavy atom. The van der Waals surface area contributed by atoms with Crippen molar-refractivity contribution in [2.24, 2.45) is 17.8 Å². The highest BCUT2D eigenvalue weighted by atomic mass is 16.4. The summed E-state index contributed by atoms with van der Waals surface area (Å²) in [5, 5.41) is 13.5. The number of aliphatic carboxylic acids is 1. The summed E-state index contributed by atoms with van der Waals surface area (Å²) in [4.78, 5) is 52.5. The summed E-state index contributed by atoms with van der Waals surface area (Å²) < 4.78 is 0. The van der Waals surface area contributed by atoms with Crippen molar-refractivity contribution in [2.45, 2.75) is 39.3 Å². The van der Waals surface area contributed by atoms with Crippen molar-refractivity contribution < 1.29 is 24.3 Å². The number of carboxylic acids is 1. The van der Waals surface area contributed by atoms with Crippen LogP contribution in [0.4, 0.5) is 5.69 Å². The molecule has 4 rings (SSSR count). The van der Waals surface area contributed by atoms with Gasteiger partial charge in [0.05, 0.1) is 17.5 Å². The molecule has 2 aliphatic rings. The van der Waals surface area contributed by atoms with E-state index in [0.717, 1.165) is 16.0 Å². The maximum Gasteiger partial charge on any atom is 0.325 e. The molecule has 2 saturated heterocycles. The summed E-state index contributed by atoms with van der Waals surface area (Å²) >= 11 is 0.